The molecule has 1 saturated heterocycles. The predicted octanol–water partition coefficient (Wildman–Crippen LogP) is 2.43. The molecular formula is C21H32ClN3O2. The van der Waals surface area contributed by atoms with Gasteiger partial charge in [0.25, 0.3) is 0 Å². The molecule has 2 amide bonds. The van der Waals surface area contributed by atoms with E-state index in [2.05, 4.69) is 0 Å². The van der Waals surface area contributed by atoms with Crippen LogP contribution < -0.4 is 5.73 Å². The summed E-state index contributed by atoms with van der Waals surface area (Å²) in [7, 11) is 0. The molecule has 2 aliphatic rings. The highest BCUT2D eigenvalue weighted by Crippen LogP contribution is 2.33. The quantitative estimate of drug-likeness (QED) is 0.854. The summed E-state index contributed by atoms with van der Waals surface area (Å²) in [6.07, 6.45) is 3.12. The van der Waals surface area contributed by atoms with Crippen LogP contribution in [0.1, 0.15) is 38.7 Å². The number of carbonyl (C=O) groups is 2. The van der Waals surface area contributed by atoms with Crippen LogP contribution in [0.3, 0.4) is 0 Å². The Hall–Kier alpha value is -1.59. The summed E-state index contributed by atoms with van der Waals surface area (Å²) in [5, 5.41) is 0. The highest BCUT2D eigenvalue weighted by Gasteiger charge is 2.38. The van der Waals surface area contributed by atoms with Crippen LogP contribution in [0.25, 0.3) is 0 Å². The van der Waals surface area contributed by atoms with Gasteiger partial charge in [0.2, 0.25) is 11.8 Å². The zero-order valence-corrected chi connectivity index (χ0v) is 17.2. The summed E-state index contributed by atoms with van der Waals surface area (Å²) in [5.41, 5.74) is 6.31. The van der Waals surface area contributed by atoms with Gasteiger partial charge in [-0.25, -0.2) is 0 Å². The van der Waals surface area contributed by atoms with Crippen LogP contribution >= 0.6 is 12.4 Å². The molecule has 1 aliphatic carbocycles. The van der Waals surface area contributed by atoms with Crippen molar-refractivity contribution in [3.8, 4) is 0 Å². The van der Waals surface area contributed by atoms with Crippen molar-refractivity contribution in [3.05, 3.63) is 35.9 Å². The average molecular weight is 394 g/mol. The molecule has 1 saturated carbocycles. The minimum absolute atomic E-state index is 0. The van der Waals surface area contributed by atoms with Crippen molar-refractivity contribution >= 4 is 24.2 Å². The summed E-state index contributed by atoms with van der Waals surface area (Å²) < 4.78 is 0. The van der Waals surface area contributed by atoms with E-state index in [1.807, 2.05) is 54.0 Å². The maximum atomic E-state index is 13.1. The van der Waals surface area contributed by atoms with Gasteiger partial charge in [0, 0.05) is 32.1 Å². The van der Waals surface area contributed by atoms with Gasteiger partial charge in [-0.2, -0.15) is 0 Å². The van der Waals surface area contributed by atoms with Gasteiger partial charge < -0.3 is 15.5 Å². The second kappa shape index (κ2) is 9.07. The zero-order valence-electron chi connectivity index (χ0n) is 16.4. The highest BCUT2D eigenvalue weighted by molar-refractivity contribution is 5.88. The Labute approximate surface area is 168 Å². The first-order valence-corrected chi connectivity index (χ1v) is 9.79. The molecule has 1 aromatic rings. The van der Waals surface area contributed by atoms with Crippen molar-refractivity contribution in [2.75, 3.05) is 32.7 Å². The molecule has 0 bridgehead atoms. The third-order valence-electron chi connectivity index (χ3n) is 6.19. The van der Waals surface area contributed by atoms with Gasteiger partial charge in [0.15, 0.2) is 0 Å². The Bertz CT molecular complexity index is 642. The van der Waals surface area contributed by atoms with Crippen LogP contribution in [0, 0.1) is 11.8 Å². The van der Waals surface area contributed by atoms with Crippen LogP contribution in [-0.2, 0) is 15.0 Å². The fourth-order valence-electron chi connectivity index (χ4n) is 4.38. The van der Waals surface area contributed by atoms with E-state index in [0.29, 0.717) is 38.6 Å². The third-order valence-corrected chi connectivity index (χ3v) is 6.19. The molecule has 1 heterocycles. The van der Waals surface area contributed by atoms with E-state index in [0.717, 1.165) is 24.8 Å². The van der Waals surface area contributed by atoms with E-state index in [4.69, 9.17) is 5.73 Å². The normalized spacial score (nSPS) is 23.1. The van der Waals surface area contributed by atoms with Gasteiger partial charge in [-0.05, 0) is 44.7 Å². The fraction of sp³-hybridized carbons (Fsp3) is 0.619. The molecule has 0 radical (unpaired) electrons. The number of carbonyl (C=O) groups excluding carboxylic acids is 2. The summed E-state index contributed by atoms with van der Waals surface area (Å²) in [4.78, 5) is 29.7. The average Bonchev–Trinajstić information content (AvgIpc) is 3.16. The van der Waals surface area contributed by atoms with Crippen molar-refractivity contribution in [1.82, 2.24) is 9.80 Å². The Kier molecular flexibility index (Phi) is 7.29. The number of hydrogen-bond donors (Lipinski definition) is 1. The molecule has 6 heteroatoms. The maximum absolute atomic E-state index is 13.1. The summed E-state index contributed by atoms with van der Waals surface area (Å²) in [6, 6.07) is 9.91. The lowest BCUT2D eigenvalue weighted by molar-refractivity contribution is -0.145. The molecule has 27 heavy (non-hydrogen) atoms. The Morgan fingerprint density at radius 1 is 1.04 bits per heavy atom. The number of hydrogen-bond acceptors (Lipinski definition) is 3. The predicted molar refractivity (Wildman–Crippen MR) is 110 cm³/mol. The number of rotatable bonds is 4. The number of halogens is 1. The zero-order chi connectivity index (χ0) is 18.7. The monoisotopic (exact) mass is 393 g/mol. The maximum Gasteiger partial charge on any atom is 0.232 e. The lowest BCUT2D eigenvalue weighted by Crippen LogP contribution is -2.55. The van der Waals surface area contributed by atoms with Gasteiger partial charge in [0.1, 0.15) is 0 Å². The van der Waals surface area contributed by atoms with Gasteiger partial charge in [-0.3, -0.25) is 9.59 Å². The van der Waals surface area contributed by atoms with E-state index in [1.54, 1.807) is 0 Å². The van der Waals surface area contributed by atoms with Gasteiger partial charge in [-0.1, -0.05) is 36.8 Å². The van der Waals surface area contributed by atoms with Gasteiger partial charge in [0.05, 0.1) is 5.41 Å². The molecular weight excluding hydrogens is 362 g/mol. The van der Waals surface area contributed by atoms with E-state index in [1.165, 1.54) is 0 Å². The molecule has 150 valence electrons. The summed E-state index contributed by atoms with van der Waals surface area (Å²) in [5.74, 6) is 0.797. The minimum atomic E-state index is -0.552. The SMILES string of the molecule is CC(C)(C(=O)N1CCN(C(=O)[C@@H]2CCC[C@@H]2CN)CC1)c1ccccc1.Cl. The smallest absolute Gasteiger partial charge is 0.232 e. The molecule has 0 unspecified atom stereocenters. The first-order valence-electron chi connectivity index (χ1n) is 9.79. The van der Waals surface area contributed by atoms with E-state index in [-0.39, 0.29) is 30.1 Å². The number of amides is 2. The number of benzene rings is 1. The largest absolute Gasteiger partial charge is 0.339 e. The standard InChI is InChI=1S/C21H31N3O2.ClH/c1-21(2,17-8-4-3-5-9-17)20(26)24-13-11-23(12-14-24)19(25)18-10-6-7-16(18)15-22;/h3-5,8-9,16,18H,6-7,10-15,22H2,1-2H3;1H/t16-,18-;/m1./s1. The number of piperazine rings is 1. The highest BCUT2D eigenvalue weighted by atomic mass is 35.5. The third kappa shape index (κ3) is 4.46. The van der Waals surface area contributed by atoms with Gasteiger partial charge >= 0.3 is 0 Å². The summed E-state index contributed by atoms with van der Waals surface area (Å²) >= 11 is 0. The summed E-state index contributed by atoms with van der Waals surface area (Å²) in [6.45, 7) is 7.04. The van der Waals surface area contributed by atoms with Crippen LogP contribution in [0.15, 0.2) is 30.3 Å². The molecule has 0 aromatic heterocycles. The lowest BCUT2D eigenvalue weighted by atomic mass is 9.83. The Morgan fingerprint density at radius 2 is 1.63 bits per heavy atom. The number of nitrogens with zero attached hydrogens (tertiary/aromatic N) is 2. The fourth-order valence-corrected chi connectivity index (χ4v) is 4.38. The molecule has 1 aromatic carbocycles. The van der Waals surface area contributed by atoms with Crippen molar-refractivity contribution in [3.63, 3.8) is 0 Å². The van der Waals surface area contributed by atoms with Crippen LogP contribution in [0.4, 0.5) is 0 Å². The van der Waals surface area contributed by atoms with Gasteiger partial charge in [-0.15, -0.1) is 12.4 Å². The van der Waals surface area contributed by atoms with E-state index >= 15 is 0 Å². The first kappa shape index (κ1) is 21.7. The number of nitrogens with two attached hydrogens (primary N) is 1. The van der Waals surface area contributed by atoms with Crippen molar-refractivity contribution < 1.29 is 9.59 Å². The van der Waals surface area contributed by atoms with Crippen molar-refractivity contribution in [2.45, 2.75) is 38.5 Å². The van der Waals surface area contributed by atoms with Crippen LogP contribution in [-0.4, -0.2) is 54.3 Å². The molecule has 1 aliphatic heterocycles. The van der Waals surface area contributed by atoms with Crippen LogP contribution in [0.2, 0.25) is 0 Å². The Balaban J connectivity index is 0.00000261. The second-order valence-electron chi connectivity index (χ2n) is 8.14. The van der Waals surface area contributed by atoms with E-state index < -0.39 is 5.41 Å². The Morgan fingerprint density at radius 3 is 2.22 bits per heavy atom. The molecule has 2 N–H and O–H groups in total. The van der Waals surface area contributed by atoms with Crippen molar-refractivity contribution in [1.29, 1.82) is 0 Å². The van der Waals surface area contributed by atoms with Crippen molar-refractivity contribution in [2.24, 2.45) is 17.6 Å². The first-order chi connectivity index (χ1) is 12.4. The molecule has 2 atom stereocenters. The minimum Gasteiger partial charge on any atom is -0.339 e. The molecule has 3 rings (SSSR count). The lowest BCUT2D eigenvalue weighted by Gasteiger charge is -2.40. The van der Waals surface area contributed by atoms with Crippen LogP contribution in [0.5, 0.6) is 0 Å². The molecule has 5 nitrogen and oxygen atoms in total. The van der Waals surface area contributed by atoms with E-state index in [9.17, 15) is 9.59 Å². The second-order valence-corrected chi connectivity index (χ2v) is 8.14. The molecule has 0 spiro atoms. The molecule has 2 fully saturated rings. The topological polar surface area (TPSA) is 66.6 Å².